The van der Waals surface area contributed by atoms with Crippen LogP contribution in [-0.2, 0) is 17.8 Å². The Labute approximate surface area is 146 Å². The molecule has 0 fully saturated rings. The van der Waals surface area contributed by atoms with E-state index in [1.54, 1.807) is 19.1 Å². The van der Waals surface area contributed by atoms with Gasteiger partial charge in [0, 0.05) is 23.1 Å². The Kier molecular flexibility index (Phi) is 6.21. The Morgan fingerprint density at radius 2 is 1.96 bits per heavy atom. The molecule has 2 rings (SSSR count). The molecule has 0 saturated heterocycles. The van der Waals surface area contributed by atoms with E-state index in [9.17, 15) is 9.18 Å². The Hall–Kier alpha value is -2.07. The molecule has 0 bridgehead atoms. The van der Waals surface area contributed by atoms with Gasteiger partial charge in [-0.15, -0.1) is 0 Å². The van der Waals surface area contributed by atoms with Gasteiger partial charge >= 0.3 is 5.97 Å². The summed E-state index contributed by atoms with van der Waals surface area (Å²) in [5.74, 6) is -0.285. The van der Waals surface area contributed by atoms with E-state index in [1.807, 2.05) is 19.9 Å². The number of halogens is 2. The van der Waals surface area contributed by atoms with Crippen molar-refractivity contribution in [2.24, 2.45) is 0 Å². The second kappa shape index (κ2) is 8.15. The van der Waals surface area contributed by atoms with Crippen molar-refractivity contribution >= 4 is 17.6 Å². The molecule has 0 radical (unpaired) electrons. The Bertz CT molecular complexity index is 744. The molecule has 0 saturated carbocycles. The van der Waals surface area contributed by atoms with Crippen LogP contribution in [0.2, 0.25) is 5.02 Å². The van der Waals surface area contributed by atoms with Crippen LogP contribution in [0.25, 0.3) is 0 Å². The van der Waals surface area contributed by atoms with E-state index in [0.29, 0.717) is 22.8 Å². The molecule has 128 valence electrons. The van der Waals surface area contributed by atoms with Crippen molar-refractivity contribution in [3.63, 3.8) is 0 Å². The standard InChI is InChI=1S/C19H20ClFO3/c1-4-13-9-16(21)18(10-15(13)20)23-11-14-12(3)7-6-8-17(14)24-19(22)5-2/h6-10H,4-5,11H2,1-3H3. The van der Waals surface area contributed by atoms with Crippen LogP contribution in [0.1, 0.15) is 37.0 Å². The zero-order valence-electron chi connectivity index (χ0n) is 14.0. The van der Waals surface area contributed by atoms with Crippen LogP contribution in [-0.4, -0.2) is 5.97 Å². The number of hydrogen-bond donors (Lipinski definition) is 0. The first-order valence-corrected chi connectivity index (χ1v) is 8.23. The SMILES string of the molecule is CCC(=O)Oc1cccc(C)c1COc1cc(Cl)c(CC)cc1F. The number of rotatable bonds is 6. The molecule has 0 heterocycles. The molecular weight excluding hydrogens is 331 g/mol. The van der Waals surface area contributed by atoms with Crippen molar-refractivity contribution in [2.75, 3.05) is 0 Å². The molecule has 0 amide bonds. The van der Waals surface area contributed by atoms with Gasteiger partial charge in [-0.25, -0.2) is 4.39 Å². The predicted octanol–water partition coefficient (Wildman–Crippen LogP) is 5.24. The fourth-order valence-electron chi connectivity index (χ4n) is 2.25. The Balaban J connectivity index is 2.23. The van der Waals surface area contributed by atoms with Crippen molar-refractivity contribution in [3.05, 3.63) is 57.9 Å². The molecule has 0 unspecified atom stereocenters. The molecule has 0 atom stereocenters. The van der Waals surface area contributed by atoms with Gasteiger partial charge in [0.25, 0.3) is 0 Å². The van der Waals surface area contributed by atoms with Gasteiger partial charge < -0.3 is 9.47 Å². The highest BCUT2D eigenvalue weighted by atomic mass is 35.5. The molecule has 2 aromatic carbocycles. The third-order valence-electron chi connectivity index (χ3n) is 3.73. The van der Waals surface area contributed by atoms with Crippen molar-refractivity contribution in [1.82, 2.24) is 0 Å². The first-order valence-electron chi connectivity index (χ1n) is 7.86. The number of aryl methyl sites for hydroxylation is 2. The van der Waals surface area contributed by atoms with Crippen LogP contribution >= 0.6 is 11.6 Å². The maximum absolute atomic E-state index is 14.1. The smallest absolute Gasteiger partial charge is 0.310 e. The van der Waals surface area contributed by atoms with E-state index in [-0.39, 0.29) is 24.7 Å². The molecule has 0 aliphatic carbocycles. The van der Waals surface area contributed by atoms with E-state index in [4.69, 9.17) is 21.1 Å². The maximum Gasteiger partial charge on any atom is 0.310 e. The van der Waals surface area contributed by atoms with E-state index in [2.05, 4.69) is 0 Å². The highest BCUT2D eigenvalue weighted by molar-refractivity contribution is 6.31. The van der Waals surface area contributed by atoms with Crippen LogP contribution in [0, 0.1) is 12.7 Å². The van der Waals surface area contributed by atoms with Crippen LogP contribution in [0.3, 0.4) is 0 Å². The number of benzene rings is 2. The van der Waals surface area contributed by atoms with Crippen molar-refractivity contribution < 1.29 is 18.7 Å². The molecule has 0 aromatic heterocycles. The zero-order valence-corrected chi connectivity index (χ0v) is 14.7. The minimum Gasteiger partial charge on any atom is -0.486 e. The first kappa shape index (κ1) is 18.3. The summed E-state index contributed by atoms with van der Waals surface area (Å²) in [4.78, 5) is 11.5. The third-order valence-corrected chi connectivity index (χ3v) is 4.09. The van der Waals surface area contributed by atoms with Crippen molar-refractivity contribution in [2.45, 2.75) is 40.2 Å². The number of carbonyl (C=O) groups is 1. The quantitative estimate of drug-likeness (QED) is 0.527. The summed E-state index contributed by atoms with van der Waals surface area (Å²) in [5, 5.41) is 0.469. The first-order chi connectivity index (χ1) is 11.5. The predicted molar refractivity (Wildman–Crippen MR) is 92.2 cm³/mol. The summed E-state index contributed by atoms with van der Waals surface area (Å²) in [6.07, 6.45) is 0.919. The minimum absolute atomic E-state index is 0.0771. The summed E-state index contributed by atoms with van der Waals surface area (Å²) < 4.78 is 25.0. The Morgan fingerprint density at radius 3 is 2.62 bits per heavy atom. The van der Waals surface area contributed by atoms with Gasteiger partial charge in [0.2, 0.25) is 0 Å². The van der Waals surface area contributed by atoms with Crippen LogP contribution in [0.4, 0.5) is 4.39 Å². The normalized spacial score (nSPS) is 10.5. The molecule has 5 heteroatoms. The van der Waals surface area contributed by atoms with Gasteiger partial charge in [-0.2, -0.15) is 0 Å². The van der Waals surface area contributed by atoms with Crippen molar-refractivity contribution in [1.29, 1.82) is 0 Å². The third kappa shape index (κ3) is 4.26. The summed E-state index contributed by atoms with van der Waals surface area (Å²) in [7, 11) is 0. The second-order valence-electron chi connectivity index (χ2n) is 5.40. The van der Waals surface area contributed by atoms with Gasteiger partial charge in [0.15, 0.2) is 11.6 Å². The fourth-order valence-corrected chi connectivity index (χ4v) is 2.54. The van der Waals surface area contributed by atoms with E-state index in [0.717, 1.165) is 11.1 Å². The summed E-state index contributed by atoms with van der Waals surface area (Å²) in [5.41, 5.74) is 2.33. The van der Waals surface area contributed by atoms with Gasteiger partial charge in [-0.05, 0) is 36.6 Å². The molecule has 3 nitrogen and oxygen atoms in total. The number of ether oxygens (including phenoxy) is 2. The molecule has 2 aromatic rings. The lowest BCUT2D eigenvalue weighted by molar-refractivity contribution is -0.134. The van der Waals surface area contributed by atoms with Crippen LogP contribution in [0.15, 0.2) is 30.3 Å². The van der Waals surface area contributed by atoms with Gasteiger partial charge in [0.1, 0.15) is 12.4 Å². The number of carbonyl (C=O) groups excluding carboxylic acids is 1. The second-order valence-corrected chi connectivity index (χ2v) is 5.80. The highest BCUT2D eigenvalue weighted by Gasteiger charge is 2.14. The molecule has 0 aliphatic rings. The molecule has 0 aliphatic heterocycles. The zero-order chi connectivity index (χ0) is 17.7. The van der Waals surface area contributed by atoms with Gasteiger partial charge in [-0.1, -0.05) is 37.6 Å². The number of esters is 1. The van der Waals surface area contributed by atoms with Gasteiger partial charge in [0.05, 0.1) is 0 Å². The molecule has 24 heavy (non-hydrogen) atoms. The van der Waals surface area contributed by atoms with Crippen LogP contribution < -0.4 is 9.47 Å². The van der Waals surface area contributed by atoms with E-state index < -0.39 is 5.82 Å². The Morgan fingerprint density at radius 1 is 1.21 bits per heavy atom. The lowest BCUT2D eigenvalue weighted by atomic mass is 10.1. The fraction of sp³-hybridized carbons (Fsp3) is 0.316. The minimum atomic E-state index is -0.461. The highest BCUT2D eigenvalue weighted by Crippen LogP contribution is 2.29. The molecule has 0 N–H and O–H groups in total. The molecular formula is C19H20ClFO3. The van der Waals surface area contributed by atoms with E-state index in [1.165, 1.54) is 12.1 Å². The average molecular weight is 351 g/mol. The van der Waals surface area contributed by atoms with Crippen LogP contribution in [0.5, 0.6) is 11.5 Å². The summed E-state index contributed by atoms with van der Waals surface area (Å²) >= 11 is 6.12. The maximum atomic E-state index is 14.1. The average Bonchev–Trinajstić information content (AvgIpc) is 2.56. The topological polar surface area (TPSA) is 35.5 Å². The number of hydrogen-bond acceptors (Lipinski definition) is 3. The summed E-state index contributed by atoms with van der Waals surface area (Å²) in [6, 6.07) is 8.23. The van der Waals surface area contributed by atoms with Gasteiger partial charge in [-0.3, -0.25) is 4.79 Å². The largest absolute Gasteiger partial charge is 0.486 e. The van der Waals surface area contributed by atoms with E-state index >= 15 is 0 Å². The lowest BCUT2D eigenvalue weighted by Crippen LogP contribution is -2.09. The van der Waals surface area contributed by atoms with Crippen molar-refractivity contribution in [3.8, 4) is 11.5 Å². The lowest BCUT2D eigenvalue weighted by Gasteiger charge is -2.14. The molecule has 0 spiro atoms. The summed E-state index contributed by atoms with van der Waals surface area (Å²) in [6.45, 7) is 5.59. The monoisotopic (exact) mass is 350 g/mol.